The highest BCUT2D eigenvalue weighted by atomic mass is 19.1. The molecule has 0 amide bonds. The molecule has 5 heterocycles. The third-order valence-electron chi connectivity index (χ3n) is 6.09. The Morgan fingerprint density at radius 2 is 1.86 bits per heavy atom. The fourth-order valence-corrected chi connectivity index (χ4v) is 4.28. The van der Waals surface area contributed by atoms with Gasteiger partial charge in [0.25, 0.3) is 0 Å². The summed E-state index contributed by atoms with van der Waals surface area (Å²) in [7, 11) is 3.99. The van der Waals surface area contributed by atoms with Crippen molar-refractivity contribution in [3.63, 3.8) is 0 Å². The van der Waals surface area contributed by atoms with Crippen LogP contribution in [0.4, 0.5) is 10.1 Å². The maximum absolute atomic E-state index is 14.5. The van der Waals surface area contributed by atoms with Gasteiger partial charge < -0.3 is 15.2 Å². The molecule has 0 fully saturated rings. The summed E-state index contributed by atoms with van der Waals surface area (Å²) >= 11 is 0. The lowest BCUT2D eigenvalue weighted by Gasteiger charge is -2.12. The number of pyridine rings is 3. The molecule has 0 aliphatic heterocycles. The van der Waals surface area contributed by atoms with E-state index < -0.39 is 0 Å². The van der Waals surface area contributed by atoms with Gasteiger partial charge in [0.15, 0.2) is 5.82 Å². The minimum Gasteiger partial charge on any atom is -0.384 e. The van der Waals surface area contributed by atoms with E-state index in [0.29, 0.717) is 40.5 Å². The number of imidazole rings is 1. The molecule has 0 atom stereocenters. The number of H-pyrrole nitrogens is 2. The number of fused-ring (bicyclic) bond motifs is 2. The van der Waals surface area contributed by atoms with Crippen LogP contribution in [0, 0.1) is 5.82 Å². The van der Waals surface area contributed by atoms with Gasteiger partial charge in [0.2, 0.25) is 0 Å². The van der Waals surface area contributed by atoms with Crippen LogP contribution in [-0.4, -0.2) is 67.2 Å². The molecular formula is C27H24FN9. The lowest BCUT2D eigenvalue weighted by molar-refractivity contribution is 0.425. The molecule has 5 aromatic heterocycles. The van der Waals surface area contributed by atoms with Crippen molar-refractivity contribution >= 4 is 27.6 Å². The highest BCUT2D eigenvalue weighted by molar-refractivity contribution is 5.97. The second-order valence-corrected chi connectivity index (χ2v) is 9.03. The van der Waals surface area contributed by atoms with Crippen molar-refractivity contribution in [3.05, 3.63) is 73.1 Å². The van der Waals surface area contributed by atoms with Crippen LogP contribution < -0.4 is 5.32 Å². The van der Waals surface area contributed by atoms with Crippen LogP contribution in [0.25, 0.3) is 56.0 Å². The summed E-state index contributed by atoms with van der Waals surface area (Å²) in [6.45, 7) is 1.53. The molecule has 0 unspecified atom stereocenters. The minimum absolute atomic E-state index is 0.340. The smallest absolute Gasteiger partial charge is 0.159 e. The highest BCUT2D eigenvalue weighted by Crippen LogP contribution is 2.32. The molecule has 3 N–H and O–H groups in total. The summed E-state index contributed by atoms with van der Waals surface area (Å²) in [6.07, 6.45) is 6.95. The Morgan fingerprint density at radius 1 is 0.946 bits per heavy atom. The monoisotopic (exact) mass is 493 g/mol. The van der Waals surface area contributed by atoms with E-state index in [1.165, 1.54) is 12.1 Å². The quantitative estimate of drug-likeness (QED) is 0.295. The number of anilines is 1. The molecule has 0 saturated carbocycles. The Labute approximate surface area is 211 Å². The van der Waals surface area contributed by atoms with Crippen molar-refractivity contribution in [2.24, 2.45) is 0 Å². The number of benzene rings is 1. The lowest BCUT2D eigenvalue weighted by atomic mass is 10.1. The van der Waals surface area contributed by atoms with Crippen LogP contribution in [-0.2, 0) is 0 Å². The Kier molecular flexibility index (Phi) is 5.78. The number of rotatable bonds is 7. The van der Waals surface area contributed by atoms with Gasteiger partial charge in [-0.1, -0.05) is 0 Å². The van der Waals surface area contributed by atoms with Crippen LogP contribution in [0.1, 0.15) is 0 Å². The lowest BCUT2D eigenvalue weighted by Crippen LogP contribution is -2.20. The van der Waals surface area contributed by atoms with Gasteiger partial charge in [0, 0.05) is 53.9 Å². The zero-order valence-electron chi connectivity index (χ0n) is 20.3. The molecule has 0 aliphatic carbocycles. The van der Waals surface area contributed by atoms with Crippen LogP contribution in [0.5, 0.6) is 0 Å². The molecule has 0 radical (unpaired) electrons. The molecule has 6 aromatic rings. The van der Waals surface area contributed by atoms with Crippen LogP contribution in [0.2, 0.25) is 0 Å². The molecule has 0 saturated heterocycles. The van der Waals surface area contributed by atoms with E-state index in [9.17, 15) is 4.39 Å². The Balaban J connectivity index is 1.41. The molecule has 37 heavy (non-hydrogen) atoms. The maximum atomic E-state index is 14.5. The third-order valence-corrected chi connectivity index (χ3v) is 6.09. The molecule has 10 heteroatoms. The van der Waals surface area contributed by atoms with E-state index >= 15 is 0 Å². The second kappa shape index (κ2) is 9.40. The van der Waals surface area contributed by atoms with Crippen molar-refractivity contribution < 1.29 is 4.39 Å². The van der Waals surface area contributed by atoms with E-state index in [-0.39, 0.29) is 5.82 Å². The molecule has 9 nitrogen and oxygen atoms in total. The first kappa shape index (κ1) is 22.7. The van der Waals surface area contributed by atoms with Gasteiger partial charge >= 0.3 is 0 Å². The topological polar surface area (TPSA) is 111 Å². The number of halogens is 1. The van der Waals surface area contributed by atoms with E-state index in [4.69, 9.17) is 4.98 Å². The van der Waals surface area contributed by atoms with Crippen LogP contribution >= 0.6 is 0 Å². The largest absolute Gasteiger partial charge is 0.384 e. The molecule has 1 aromatic carbocycles. The van der Waals surface area contributed by atoms with Gasteiger partial charge in [-0.3, -0.25) is 20.1 Å². The summed E-state index contributed by atoms with van der Waals surface area (Å²) in [4.78, 5) is 23.5. The minimum atomic E-state index is -0.340. The number of likely N-dealkylation sites (N-methyl/N-ethyl adjacent to an activating group) is 1. The van der Waals surface area contributed by atoms with Crippen molar-refractivity contribution in [2.45, 2.75) is 0 Å². The van der Waals surface area contributed by atoms with Gasteiger partial charge in [-0.25, -0.2) is 9.37 Å². The Morgan fingerprint density at radius 3 is 2.70 bits per heavy atom. The zero-order valence-corrected chi connectivity index (χ0v) is 20.3. The molecule has 6 rings (SSSR count). The van der Waals surface area contributed by atoms with Gasteiger partial charge in [-0.15, -0.1) is 0 Å². The number of nitrogens with zero attached hydrogens (tertiary/aromatic N) is 6. The first-order valence-electron chi connectivity index (χ1n) is 11.8. The summed E-state index contributed by atoms with van der Waals surface area (Å²) in [6, 6.07) is 12.5. The molecule has 184 valence electrons. The summed E-state index contributed by atoms with van der Waals surface area (Å²) < 4.78 is 14.5. The number of hydrogen-bond acceptors (Lipinski definition) is 7. The Hall–Kier alpha value is -4.70. The first-order valence-corrected chi connectivity index (χ1v) is 11.8. The molecular weight excluding hydrogens is 469 g/mol. The number of nitrogens with one attached hydrogen (secondary N) is 3. The fraction of sp³-hybridized carbons (Fsp3) is 0.148. The SMILES string of the molecule is CN(C)CCNc1cc(F)cc(-c2nccc3[nH]c(-c4n[nH]c5cnc(-c6cccnc6)cc45)nc23)c1. The Bertz CT molecular complexity index is 1710. The molecule has 0 bridgehead atoms. The van der Waals surface area contributed by atoms with Gasteiger partial charge in [-0.05, 0) is 56.6 Å². The zero-order chi connectivity index (χ0) is 25.4. The number of aromatic amines is 2. The maximum Gasteiger partial charge on any atom is 0.159 e. The van der Waals surface area contributed by atoms with Gasteiger partial charge in [0.1, 0.15) is 17.0 Å². The van der Waals surface area contributed by atoms with E-state index in [1.54, 1.807) is 24.8 Å². The first-order chi connectivity index (χ1) is 18.0. The van der Waals surface area contributed by atoms with Crippen LogP contribution in [0.3, 0.4) is 0 Å². The van der Waals surface area contributed by atoms with Crippen molar-refractivity contribution in [3.8, 4) is 34.0 Å². The summed E-state index contributed by atoms with van der Waals surface area (Å²) in [5.41, 5.74) is 6.50. The van der Waals surface area contributed by atoms with Crippen molar-refractivity contribution in [2.75, 3.05) is 32.5 Å². The van der Waals surface area contributed by atoms with E-state index in [2.05, 4.69) is 40.3 Å². The molecule has 0 spiro atoms. The van der Waals surface area contributed by atoms with Crippen molar-refractivity contribution in [1.29, 1.82) is 0 Å². The summed E-state index contributed by atoms with van der Waals surface area (Å²) in [5.74, 6) is 0.243. The number of hydrogen-bond donors (Lipinski definition) is 3. The molecule has 0 aliphatic rings. The summed E-state index contributed by atoms with van der Waals surface area (Å²) in [5, 5.41) is 11.7. The van der Waals surface area contributed by atoms with E-state index in [0.717, 1.165) is 34.2 Å². The van der Waals surface area contributed by atoms with Crippen molar-refractivity contribution in [1.82, 2.24) is 40.0 Å². The average Bonchev–Trinajstić information content (AvgIpc) is 3.52. The van der Waals surface area contributed by atoms with Gasteiger partial charge in [0.05, 0.1) is 28.6 Å². The van der Waals surface area contributed by atoms with Gasteiger partial charge in [-0.2, -0.15) is 5.10 Å². The van der Waals surface area contributed by atoms with Crippen LogP contribution in [0.15, 0.2) is 67.3 Å². The number of aromatic nitrogens is 7. The fourth-order valence-electron chi connectivity index (χ4n) is 4.28. The average molecular weight is 494 g/mol. The highest BCUT2D eigenvalue weighted by Gasteiger charge is 2.17. The normalized spacial score (nSPS) is 11.6. The predicted molar refractivity (Wildman–Crippen MR) is 142 cm³/mol. The van der Waals surface area contributed by atoms with E-state index in [1.807, 2.05) is 44.4 Å². The standard InChI is InChI=1S/C27H24FN9/c1-37(2)9-8-30-19-11-17(10-18(28)12-19)24-26-21(5-7-31-24)33-27(34-26)25-20-13-22(16-4-3-6-29-14-16)32-15-23(20)35-36-25/h3-7,10-15,30H,8-9H2,1-2H3,(H,33,34)(H,35,36). The second-order valence-electron chi connectivity index (χ2n) is 9.03. The predicted octanol–water partition coefficient (Wildman–Crippen LogP) is 4.74. The third kappa shape index (κ3) is 4.50.